The second-order valence-electron chi connectivity index (χ2n) is 4.13. The molecule has 0 fully saturated rings. The monoisotopic (exact) mass is 338 g/mol. The third kappa shape index (κ3) is 4.39. The Morgan fingerprint density at radius 1 is 1.36 bits per heavy atom. The number of phenolic OH excluding ortho intramolecular Hbond substituents is 1. The van der Waals surface area contributed by atoms with E-state index in [4.69, 9.17) is 16.7 Å². The van der Waals surface area contributed by atoms with E-state index in [1.54, 1.807) is 0 Å². The van der Waals surface area contributed by atoms with Gasteiger partial charge in [-0.05, 0) is 23.8 Å². The zero-order valence-electron chi connectivity index (χ0n) is 11.1. The van der Waals surface area contributed by atoms with Crippen LogP contribution in [0.4, 0.5) is 13.2 Å². The molecule has 0 aliphatic rings. The van der Waals surface area contributed by atoms with Gasteiger partial charge in [-0.15, -0.1) is 0 Å². The summed E-state index contributed by atoms with van der Waals surface area (Å²) in [7, 11) is 1.00. The van der Waals surface area contributed by atoms with Gasteiger partial charge in [-0.3, -0.25) is 4.79 Å². The van der Waals surface area contributed by atoms with Crippen LogP contribution in [-0.2, 0) is 20.5 Å². The van der Waals surface area contributed by atoms with E-state index in [0.29, 0.717) is 6.07 Å². The summed E-state index contributed by atoms with van der Waals surface area (Å²) in [6, 6.07) is 1.52. The minimum Gasteiger partial charge on any atom is -0.506 e. The fourth-order valence-electron chi connectivity index (χ4n) is 1.60. The number of ether oxygens (including phenoxy) is 1. The first-order valence-electron chi connectivity index (χ1n) is 5.66. The summed E-state index contributed by atoms with van der Waals surface area (Å²) in [6.07, 6.45) is -4.71. The molecule has 22 heavy (non-hydrogen) atoms. The predicted octanol–water partition coefficient (Wildman–Crippen LogP) is 3.10. The van der Waals surface area contributed by atoms with Crippen LogP contribution < -0.4 is 0 Å². The first kappa shape index (κ1) is 17.8. The molecule has 0 amide bonds. The summed E-state index contributed by atoms with van der Waals surface area (Å²) in [4.78, 5) is 22.1. The number of benzene rings is 1. The van der Waals surface area contributed by atoms with Crippen LogP contribution in [0.5, 0.6) is 5.75 Å². The summed E-state index contributed by atoms with van der Waals surface area (Å²) in [5.74, 6) is -3.51. The van der Waals surface area contributed by atoms with Gasteiger partial charge in [-0.1, -0.05) is 11.6 Å². The third-order valence-corrected chi connectivity index (χ3v) is 2.81. The zero-order chi connectivity index (χ0) is 17.1. The number of methoxy groups -OCH3 is 1. The van der Waals surface area contributed by atoms with Gasteiger partial charge in [-0.25, -0.2) is 4.79 Å². The lowest BCUT2D eigenvalue weighted by atomic mass is 10.0. The number of aliphatic carboxylic acids is 1. The summed E-state index contributed by atoms with van der Waals surface area (Å²) in [6.45, 7) is 0. The Kier molecular flexibility index (Phi) is 5.43. The largest absolute Gasteiger partial charge is 0.506 e. The minimum absolute atomic E-state index is 0.197. The highest BCUT2D eigenvalue weighted by molar-refractivity contribution is 6.32. The molecule has 0 saturated heterocycles. The van der Waals surface area contributed by atoms with Crippen LogP contribution in [0, 0.1) is 0 Å². The number of carbonyl (C=O) groups is 2. The number of hydrogen-bond donors (Lipinski definition) is 2. The Balaban J connectivity index is 3.41. The maximum atomic E-state index is 12.8. The number of alkyl halides is 3. The molecule has 0 bridgehead atoms. The van der Waals surface area contributed by atoms with Crippen LogP contribution in [0.15, 0.2) is 17.7 Å². The molecule has 9 heteroatoms. The van der Waals surface area contributed by atoms with E-state index in [1.165, 1.54) is 0 Å². The van der Waals surface area contributed by atoms with Crippen LogP contribution in [-0.4, -0.2) is 29.3 Å². The second-order valence-corrected chi connectivity index (χ2v) is 4.54. The van der Waals surface area contributed by atoms with Gasteiger partial charge in [0.2, 0.25) is 0 Å². The van der Waals surface area contributed by atoms with Crippen molar-refractivity contribution in [3.63, 3.8) is 0 Å². The van der Waals surface area contributed by atoms with E-state index in [1.807, 2.05) is 0 Å². The Labute approximate surface area is 127 Å². The molecule has 2 N–H and O–H groups in total. The van der Waals surface area contributed by atoms with Crippen LogP contribution in [0.2, 0.25) is 5.02 Å². The van der Waals surface area contributed by atoms with Crippen LogP contribution in [0.1, 0.15) is 17.5 Å². The molecule has 0 spiro atoms. The SMILES string of the molecule is COC(=O)C(=Cc1cc(Cl)c(O)c(C(F)(F)F)c1)CC(=O)O. The van der Waals surface area contributed by atoms with Crippen molar-refractivity contribution in [1.29, 1.82) is 0 Å². The molecule has 0 radical (unpaired) electrons. The first-order valence-corrected chi connectivity index (χ1v) is 6.04. The number of carboxylic acids is 1. The second kappa shape index (κ2) is 6.69. The van der Waals surface area contributed by atoms with E-state index in [9.17, 15) is 27.9 Å². The summed E-state index contributed by atoms with van der Waals surface area (Å²) >= 11 is 5.52. The van der Waals surface area contributed by atoms with Crippen LogP contribution in [0.25, 0.3) is 6.08 Å². The smallest absolute Gasteiger partial charge is 0.420 e. The fraction of sp³-hybridized carbons (Fsp3) is 0.231. The summed E-state index contributed by atoms with van der Waals surface area (Å²) < 4.78 is 42.6. The molecule has 1 aromatic carbocycles. The highest BCUT2D eigenvalue weighted by Gasteiger charge is 2.35. The molecule has 0 heterocycles. The first-order chi connectivity index (χ1) is 10.1. The third-order valence-electron chi connectivity index (χ3n) is 2.52. The summed E-state index contributed by atoms with van der Waals surface area (Å²) in [5, 5.41) is 17.4. The normalized spacial score (nSPS) is 12.1. The number of carboxylic acid groups (broad SMARTS) is 1. The predicted molar refractivity (Wildman–Crippen MR) is 70.4 cm³/mol. The van der Waals surface area contributed by atoms with E-state index in [-0.39, 0.29) is 11.1 Å². The van der Waals surface area contributed by atoms with Gasteiger partial charge in [0.05, 0.1) is 24.1 Å². The van der Waals surface area contributed by atoms with Gasteiger partial charge in [0.1, 0.15) is 5.75 Å². The highest BCUT2D eigenvalue weighted by atomic mass is 35.5. The number of esters is 1. The lowest BCUT2D eigenvalue weighted by Gasteiger charge is -2.11. The van der Waals surface area contributed by atoms with Crippen LogP contribution >= 0.6 is 11.6 Å². The molecule has 0 aliphatic carbocycles. The van der Waals surface area contributed by atoms with Gasteiger partial charge >= 0.3 is 18.1 Å². The maximum Gasteiger partial charge on any atom is 0.420 e. The minimum atomic E-state index is -4.87. The number of phenols is 1. The van der Waals surface area contributed by atoms with Crippen molar-refractivity contribution in [2.24, 2.45) is 0 Å². The fourth-order valence-corrected chi connectivity index (χ4v) is 1.82. The lowest BCUT2D eigenvalue weighted by Crippen LogP contribution is -2.10. The maximum absolute atomic E-state index is 12.8. The number of aromatic hydroxyl groups is 1. The van der Waals surface area contributed by atoms with Crippen molar-refractivity contribution in [1.82, 2.24) is 0 Å². The number of carbonyl (C=O) groups excluding carboxylic acids is 1. The molecular formula is C13H10ClF3O5. The van der Waals surface area contributed by atoms with E-state index < -0.39 is 40.9 Å². The molecule has 5 nitrogen and oxygen atoms in total. The van der Waals surface area contributed by atoms with Crippen molar-refractivity contribution in [3.8, 4) is 5.75 Å². The Hall–Kier alpha value is -2.22. The van der Waals surface area contributed by atoms with E-state index in [0.717, 1.165) is 19.3 Å². The average molecular weight is 339 g/mol. The lowest BCUT2D eigenvalue weighted by molar-refractivity contribution is -0.141. The Morgan fingerprint density at radius 3 is 2.41 bits per heavy atom. The van der Waals surface area contributed by atoms with Crippen molar-refractivity contribution in [2.45, 2.75) is 12.6 Å². The van der Waals surface area contributed by atoms with Gasteiger partial charge < -0.3 is 14.9 Å². The molecule has 0 atom stereocenters. The van der Waals surface area contributed by atoms with Gasteiger partial charge in [0.25, 0.3) is 0 Å². The standard InChI is InChI=1S/C13H10ClF3O5/c1-22-12(21)7(5-10(18)19)2-6-3-8(13(15,16)17)11(20)9(14)4-6/h2-4,20H,5H2,1H3,(H,18,19). The molecule has 0 saturated carbocycles. The van der Waals surface area contributed by atoms with Crippen molar-refractivity contribution >= 4 is 29.6 Å². The average Bonchev–Trinajstić information content (AvgIpc) is 2.39. The van der Waals surface area contributed by atoms with E-state index in [2.05, 4.69) is 4.74 Å². The quantitative estimate of drug-likeness (QED) is 0.651. The highest BCUT2D eigenvalue weighted by Crippen LogP contribution is 2.40. The molecule has 0 aliphatic heterocycles. The molecule has 120 valence electrons. The molecule has 1 rings (SSSR count). The topological polar surface area (TPSA) is 83.8 Å². The van der Waals surface area contributed by atoms with Crippen LogP contribution in [0.3, 0.4) is 0 Å². The number of halogens is 4. The molecule has 1 aromatic rings. The van der Waals surface area contributed by atoms with Crippen molar-refractivity contribution in [3.05, 3.63) is 33.9 Å². The Bertz CT molecular complexity index is 637. The van der Waals surface area contributed by atoms with Gasteiger partial charge in [0, 0.05) is 5.57 Å². The zero-order valence-corrected chi connectivity index (χ0v) is 11.8. The molecule has 0 aromatic heterocycles. The molecular weight excluding hydrogens is 329 g/mol. The molecule has 0 unspecified atom stereocenters. The number of rotatable bonds is 4. The summed E-state index contributed by atoms with van der Waals surface area (Å²) in [5.41, 5.74) is -1.97. The number of hydrogen-bond acceptors (Lipinski definition) is 4. The van der Waals surface area contributed by atoms with Gasteiger partial charge in [-0.2, -0.15) is 13.2 Å². The van der Waals surface area contributed by atoms with Crippen molar-refractivity contribution < 1.29 is 37.7 Å². The van der Waals surface area contributed by atoms with Crippen molar-refractivity contribution in [2.75, 3.05) is 7.11 Å². The van der Waals surface area contributed by atoms with E-state index >= 15 is 0 Å². The van der Waals surface area contributed by atoms with Gasteiger partial charge in [0.15, 0.2) is 0 Å². The Morgan fingerprint density at radius 2 is 1.95 bits per heavy atom.